The molecule has 0 aliphatic carbocycles. The molecular weight excluding hydrogens is 452 g/mol. The van der Waals surface area contributed by atoms with Crippen molar-refractivity contribution in [3.63, 3.8) is 0 Å². The second kappa shape index (κ2) is 11.4. The van der Waals surface area contributed by atoms with Crippen LogP contribution in [0.5, 0.6) is 0 Å². The van der Waals surface area contributed by atoms with Crippen LogP contribution in [0, 0.1) is 13.8 Å². The van der Waals surface area contributed by atoms with E-state index in [1.165, 1.54) is 0 Å². The molecule has 1 fully saturated rings. The monoisotopic (exact) mass is 488 g/mol. The number of hydrogen-bond acceptors (Lipinski definition) is 6. The van der Waals surface area contributed by atoms with Gasteiger partial charge < -0.3 is 15.2 Å². The number of nitrogens with zero attached hydrogens (tertiary/aromatic N) is 5. The second-order valence-corrected chi connectivity index (χ2v) is 9.18. The Hall–Kier alpha value is -3.69. The van der Waals surface area contributed by atoms with E-state index in [0.29, 0.717) is 13.1 Å². The maximum Gasteiger partial charge on any atom is 0.236 e. The van der Waals surface area contributed by atoms with Gasteiger partial charge in [-0.15, -0.1) is 0 Å². The van der Waals surface area contributed by atoms with Crippen molar-refractivity contribution in [3.8, 4) is 0 Å². The number of hydrogen-bond donors (Lipinski definition) is 3. The van der Waals surface area contributed by atoms with Gasteiger partial charge in [0, 0.05) is 61.4 Å². The van der Waals surface area contributed by atoms with Gasteiger partial charge in [-0.25, -0.2) is 10.4 Å². The fourth-order valence-electron chi connectivity index (χ4n) is 4.78. The fourth-order valence-corrected chi connectivity index (χ4v) is 4.78. The first kappa shape index (κ1) is 25.4. The highest BCUT2D eigenvalue weighted by molar-refractivity contribution is 5.82. The molecule has 190 valence electrons. The predicted octanol–water partition coefficient (Wildman–Crippen LogP) is 3.62. The van der Waals surface area contributed by atoms with E-state index in [1.807, 2.05) is 73.5 Å². The zero-order valence-corrected chi connectivity index (χ0v) is 21.5. The van der Waals surface area contributed by atoms with Gasteiger partial charge in [0.2, 0.25) is 5.91 Å². The topological polar surface area (TPSA) is 108 Å². The number of rotatable bonds is 6. The van der Waals surface area contributed by atoms with E-state index < -0.39 is 0 Å². The maximum absolute atomic E-state index is 12.0. The number of aromatic nitrogens is 4. The van der Waals surface area contributed by atoms with Crippen LogP contribution in [0.1, 0.15) is 42.6 Å². The molecule has 3 heterocycles. The Kier molecular flexibility index (Phi) is 8.02. The van der Waals surface area contributed by atoms with Crippen molar-refractivity contribution in [2.24, 2.45) is 5.73 Å². The highest BCUT2D eigenvalue weighted by Gasteiger charge is 2.24. The van der Waals surface area contributed by atoms with Gasteiger partial charge in [-0.1, -0.05) is 18.2 Å². The predicted molar refractivity (Wildman–Crippen MR) is 145 cm³/mol. The van der Waals surface area contributed by atoms with Gasteiger partial charge in [0.25, 0.3) is 0 Å². The molecule has 0 saturated carbocycles. The molecule has 9 heteroatoms. The van der Waals surface area contributed by atoms with Crippen LogP contribution in [-0.4, -0.2) is 57.2 Å². The number of carbonyl (C=O) groups excluding carboxylic acids is 1. The van der Waals surface area contributed by atoms with Crippen molar-refractivity contribution in [3.05, 3.63) is 71.9 Å². The molecule has 1 aliphatic rings. The zero-order valence-electron chi connectivity index (χ0n) is 21.5. The van der Waals surface area contributed by atoms with Gasteiger partial charge in [0.1, 0.15) is 5.65 Å². The number of hydrazine groups is 1. The van der Waals surface area contributed by atoms with E-state index in [9.17, 15) is 4.79 Å². The van der Waals surface area contributed by atoms with Crippen LogP contribution >= 0.6 is 0 Å². The van der Waals surface area contributed by atoms with Gasteiger partial charge in [-0.3, -0.25) is 14.9 Å². The number of benzene rings is 1. The number of anilines is 1. The Morgan fingerprint density at radius 1 is 1.22 bits per heavy atom. The molecular formula is C27H36N8O. The molecule has 0 atom stereocenters. The van der Waals surface area contributed by atoms with Crippen molar-refractivity contribution in [2.75, 3.05) is 31.7 Å². The van der Waals surface area contributed by atoms with E-state index in [4.69, 9.17) is 10.7 Å². The quantitative estimate of drug-likeness (QED) is 0.458. The average molecular weight is 489 g/mol. The molecule has 0 unspecified atom stereocenters. The molecule has 1 aliphatic heterocycles. The Morgan fingerprint density at radius 2 is 1.94 bits per heavy atom. The van der Waals surface area contributed by atoms with Crippen molar-refractivity contribution in [1.29, 1.82) is 0 Å². The summed E-state index contributed by atoms with van der Waals surface area (Å²) >= 11 is 0. The molecule has 0 spiro atoms. The zero-order chi connectivity index (χ0) is 25.7. The summed E-state index contributed by atoms with van der Waals surface area (Å²) in [7, 11) is 1.89. The van der Waals surface area contributed by atoms with Gasteiger partial charge in [0.05, 0.1) is 18.4 Å². The lowest BCUT2D eigenvalue weighted by Gasteiger charge is -2.32. The Bertz CT molecular complexity index is 1280. The largest absolute Gasteiger partial charge is 0.341 e. The van der Waals surface area contributed by atoms with Crippen LogP contribution in [0.3, 0.4) is 0 Å². The molecule has 4 N–H and O–H groups in total. The minimum atomic E-state index is 0.0140. The first-order chi connectivity index (χ1) is 17.4. The first-order valence-electron chi connectivity index (χ1n) is 12.4. The second-order valence-electron chi connectivity index (χ2n) is 9.18. The number of likely N-dealkylation sites (tertiary alicyclic amines) is 1. The number of aromatic amines is 1. The number of carbonyl (C=O) groups is 1. The number of allylic oxidation sites excluding steroid dienone is 1. The van der Waals surface area contributed by atoms with E-state index in [-0.39, 0.29) is 18.5 Å². The third kappa shape index (κ3) is 5.42. The summed E-state index contributed by atoms with van der Waals surface area (Å²) in [4.78, 5) is 18.9. The van der Waals surface area contributed by atoms with Crippen LogP contribution in [0.15, 0.2) is 55.1 Å². The van der Waals surface area contributed by atoms with E-state index in [0.717, 1.165) is 52.0 Å². The van der Waals surface area contributed by atoms with Crippen LogP contribution in [0.4, 0.5) is 5.69 Å². The van der Waals surface area contributed by atoms with Gasteiger partial charge >= 0.3 is 0 Å². The number of piperidine rings is 1. The Labute approximate surface area is 212 Å². The number of aryl methyl sites for hydroxylation is 2. The van der Waals surface area contributed by atoms with Crippen molar-refractivity contribution in [2.45, 2.75) is 39.7 Å². The molecule has 1 saturated heterocycles. The highest BCUT2D eigenvalue weighted by atomic mass is 16.2. The van der Waals surface area contributed by atoms with Crippen LogP contribution < -0.4 is 16.2 Å². The maximum atomic E-state index is 12.0. The molecule has 3 aromatic rings. The number of fused-ring (bicyclic) bond motifs is 1. The fraction of sp³-hybridized carbons (Fsp3) is 0.370. The minimum Gasteiger partial charge on any atom is -0.341 e. The summed E-state index contributed by atoms with van der Waals surface area (Å²) in [5.41, 5.74) is 14.7. The van der Waals surface area contributed by atoms with Gasteiger partial charge in [0.15, 0.2) is 0 Å². The molecule has 9 nitrogen and oxygen atoms in total. The average Bonchev–Trinajstić information content (AvgIpc) is 3.27. The summed E-state index contributed by atoms with van der Waals surface area (Å²) in [5, 5.41) is 10.7. The third-order valence-corrected chi connectivity index (χ3v) is 6.77. The summed E-state index contributed by atoms with van der Waals surface area (Å²) < 4.78 is 2.27. The van der Waals surface area contributed by atoms with Crippen molar-refractivity contribution >= 4 is 28.2 Å². The standard InChI is InChI=1S/C27H36N8O/c1-19(18-35(29-4)24-8-6-5-7-9-24)22-15-30-27-26(21(3)32-31-16-22)20(2)17-34(27)23-10-12-33(13-11-23)25(36)14-28/h5-9,15-18,23,29,32H,10-14,28H2,1-4H3/b19-18+,22-15?,26-21?,30-27?,31-16?. The lowest BCUT2D eigenvalue weighted by atomic mass is 10.0. The van der Waals surface area contributed by atoms with Crippen molar-refractivity contribution in [1.82, 2.24) is 30.1 Å². The molecule has 0 bridgehead atoms. The van der Waals surface area contributed by atoms with E-state index >= 15 is 0 Å². The van der Waals surface area contributed by atoms with Crippen LogP contribution in [0.2, 0.25) is 0 Å². The molecule has 1 amide bonds. The van der Waals surface area contributed by atoms with Crippen molar-refractivity contribution < 1.29 is 4.79 Å². The summed E-state index contributed by atoms with van der Waals surface area (Å²) in [6.45, 7) is 7.65. The van der Waals surface area contributed by atoms with E-state index in [2.05, 4.69) is 33.3 Å². The lowest BCUT2D eigenvalue weighted by Crippen LogP contribution is -2.42. The molecule has 2 aromatic heterocycles. The molecule has 36 heavy (non-hydrogen) atoms. The van der Waals surface area contributed by atoms with Crippen LogP contribution in [0.25, 0.3) is 16.6 Å². The summed E-state index contributed by atoms with van der Waals surface area (Å²) in [6, 6.07) is 10.4. The highest BCUT2D eigenvalue weighted by Crippen LogP contribution is 2.29. The van der Waals surface area contributed by atoms with Gasteiger partial charge in [-0.05, 0) is 56.9 Å². The smallest absolute Gasteiger partial charge is 0.236 e. The summed E-state index contributed by atoms with van der Waals surface area (Å²) in [6.07, 6.45) is 9.64. The lowest BCUT2D eigenvalue weighted by molar-refractivity contribution is -0.130. The summed E-state index contributed by atoms with van der Waals surface area (Å²) in [5.74, 6) is 0.0140. The number of H-pyrrole nitrogens is 1. The molecule has 1 aromatic carbocycles. The minimum absolute atomic E-state index is 0.0140. The SMILES string of the molecule is CNN(/C=C(\C)c1cn[nH]c(C)c2c(C)cn(C3CCN(C(=O)CN)CC3)c2nc1)c1ccccc1. The molecule has 0 radical (unpaired) electrons. The molecule has 4 rings (SSSR count). The van der Waals surface area contributed by atoms with Crippen LogP contribution in [-0.2, 0) is 4.79 Å². The number of nitrogens with one attached hydrogen (secondary N) is 2. The third-order valence-electron chi connectivity index (χ3n) is 6.77. The Balaban J connectivity index is 1.73. The number of nitrogens with two attached hydrogens (primary N) is 1. The Morgan fingerprint density at radius 3 is 2.61 bits per heavy atom. The van der Waals surface area contributed by atoms with E-state index in [1.54, 1.807) is 6.20 Å². The van der Waals surface area contributed by atoms with Gasteiger partial charge in [-0.2, -0.15) is 5.10 Å². The number of amides is 1. The normalized spacial score (nSPS) is 14.7. The first-order valence-corrected chi connectivity index (χ1v) is 12.4. The number of para-hydroxylation sites is 1.